The van der Waals surface area contributed by atoms with Gasteiger partial charge in [0, 0.05) is 23.2 Å². The van der Waals surface area contributed by atoms with Crippen LogP contribution in [0.25, 0.3) is 0 Å². The van der Waals surface area contributed by atoms with Gasteiger partial charge in [0.25, 0.3) is 0 Å². The van der Waals surface area contributed by atoms with Crippen LogP contribution in [-0.2, 0) is 11.2 Å². The first-order chi connectivity index (χ1) is 10.5. The van der Waals surface area contributed by atoms with Gasteiger partial charge < -0.3 is 4.90 Å². The Morgan fingerprint density at radius 2 is 2.18 bits per heavy atom. The van der Waals surface area contributed by atoms with E-state index in [4.69, 9.17) is 0 Å². The fourth-order valence-electron chi connectivity index (χ4n) is 3.09. The van der Waals surface area contributed by atoms with Gasteiger partial charge in [0.15, 0.2) is 0 Å². The van der Waals surface area contributed by atoms with Crippen LogP contribution in [0.3, 0.4) is 0 Å². The van der Waals surface area contributed by atoms with E-state index in [1.165, 1.54) is 10.9 Å². The summed E-state index contributed by atoms with van der Waals surface area (Å²) in [5.74, 6) is -0.493. The van der Waals surface area contributed by atoms with Crippen molar-refractivity contribution in [2.45, 2.75) is 39.0 Å². The van der Waals surface area contributed by atoms with Crippen LogP contribution in [-0.4, -0.2) is 17.9 Å². The molecule has 1 aliphatic rings. The molecule has 1 unspecified atom stereocenters. The number of amides is 1. The molecule has 1 aromatic heterocycles. The Hall–Kier alpha value is -1.75. The van der Waals surface area contributed by atoms with Gasteiger partial charge in [0.1, 0.15) is 5.82 Å². The van der Waals surface area contributed by atoms with Gasteiger partial charge in [0.05, 0.1) is 16.6 Å². The fourth-order valence-corrected chi connectivity index (χ4v) is 4.13. The van der Waals surface area contributed by atoms with Crippen LogP contribution < -0.4 is 4.90 Å². The third-order valence-corrected chi connectivity index (χ3v) is 5.34. The first-order valence-corrected chi connectivity index (χ1v) is 8.29. The molecule has 5 heteroatoms. The highest BCUT2D eigenvalue weighted by atomic mass is 32.1. The minimum absolute atomic E-state index is 0.0000463. The van der Waals surface area contributed by atoms with Gasteiger partial charge in [-0.05, 0) is 45.2 Å². The number of nitrogens with zero attached hydrogens (tertiary/aromatic N) is 2. The highest BCUT2D eigenvalue weighted by Gasteiger charge is 2.32. The molecule has 0 saturated heterocycles. The molecule has 22 heavy (non-hydrogen) atoms. The number of benzene rings is 1. The second-order valence-corrected chi connectivity index (χ2v) is 7.06. The number of hydrogen-bond acceptors (Lipinski definition) is 3. The van der Waals surface area contributed by atoms with Crippen molar-refractivity contribution >= 4 is 22.9 Å². The zero-order chi connectivity index (χ0) is 15.9. The smallest absolute Gasteiger partial charge is 0.235 e. The minimum Gasteiger partial charge on any atom is -0.315 e. The van der Waals surface area contributed by atoms with Crippen molar-refractivity contribution in [1.29, 1.82) is 0 Å². The second kappa shape index (κ2) is 5.80. The monoisotopic (exact) mass is 318 g/mol. The maximum absolute atomic E-state index is 13.7. The quantitative estimate of drug-likeness (QED) is 0.839. The lowest BCUT2D eigenvalue weighted by Crippen LogP contribution is -2.34. The average molecular weight is 318 g/mol. The van der Waals surface area contributed by atoms with Gasteiger partial charge in [0.2, 0.25) is 5.91 Å². The number of fused-ring (bicyclic) bond motifs is 1. The van der Waals surface area contributed by atoms with Crippen molar-refractivity contribution in [2.24, 2.45) is 0 Å². The zero-order valence-electron chi connectivity index (χ0n) is 13.0. The number of anilines is 1. The van der Waals surface area contributed by atoms with Crippen LogP contribution in [0.2, 0.25) is 0 Å². The molecule has 1 aliphatic carbocycles. The van der Waals surface area contributed by atoms with Gasteiger partial charge in [-0.2, -0.15) is 0 Å². The molecule has 0 spiro atoms. The number of rotatable bonds is 2. The molecular formula is C17H19FN2OS. The van der Waals surface area contributed by atoms with Crippen LogP contribution in [0, 0.1) is 19.7 Å². The molecule has 0 radical (unpaired) electrons. The Balaban J connectivity index is 1.93. The molecule has 3 rings (SSSR count). The Bertz CT molecular complexity index is 725. The van der Waals surface area contributed by atoms with Crippen LogP contribution in [0.15, 0.2) is 18.2 Å². The van der Waals surface area contributed by atoms with E-state index in [2.05, 4.69) is 4.98 Å². The Labute approximate surface area is 133 Å². The van der Waals surface area contributed by atoms with Crippen LogP contribution in [0.5, 0.6) is 0 Å². The maximum Gasteiger partial charge on any atom is 0.235 e. The van der Waals surface area contributed by atoms with Gasteiger partial charge in [-0.15, -0.1) is 11.3 Å². The first kappa shape index (κ1) is 15.2. The average Bonchev–Trinajstić information content (AvgIpc) is 2.88. The van der Waals surface area contributed by atoms with Gasteiger partial charge in [-0.25, -0.2) is 9.37 Å². The predicted octanol–water partition coefficient (Wildman–Crippen LogP) is 3.98. The number of carbonyl (C=O) groups is 1. The highest BCUT2D eigenvalue weighted by molar-refractivity contribution is 7.11. The topological polar surface area (TPSA) is 33.2 Å². The number of thiazole rings is 1. The number of aromatic nitrogens is 1. The molecule has 1 atom stereocenters. The molecule has 1 amide bonds. The summed E-state index contributed by atoms with van der Waals surface area (Å²) in [5, 5.41) is 1.01. The van der Waals surface area contributed by atoms with E-state index in [-0.39, 0.29) is 17.6 Å². The van der Waals surface area contributed by atoms with Crippen molar-refractivity contribution in [3.8, 4) is 0 Å². The number of hydrogen-bond donors (Lipinski definition) is 0. The van der Waals surface area contributed by atoms with Crippen molar-refractivity contribution in [3.05, 3.63) is 45.2 Å². The largest absolute Gasteiger partial charge is 0.315 e. The van der Waals surface area contributed by atoms with E-state index < -0.39 is 0 Å². The normalized spacial score (nSPS) is 17.2. The summed E-state index contributed by atoms with van der Waals surface area (Å²) >= 11 is 1.68. The van der Waals surface area contributed by atoms with Crippen LogP contribution >= 0.6 is 11.3 Å². The second-order valence-electron chi connectivity index (χ2n) is 5.77. The summed E-state index contributed by atoms with van der Waals surface area (Å²) in [6.45, 7) is 3.68. The van der Waals surface area contributed by atoms with E-state index in [1.54, 1.807) is 42.3 Å². The van der Waals surface area contributed by atoms with Crippen LogP contribution in [0.4, 0.5) is 10.1 Å². The fraction of sp³-hybridized carbons (Fsp3) is 0.412. The molecule has 0 fully saturated rings. The molecule has 0 bridgehead atoms. The number of aryl methyl sites for hydroxylation is 2. The highest BCUT2D eigenvalue weighted by Crippen LogP contribution is 2.36. The minimum atomic E-state index is -0.286. The first-order valence-electron chi connectivity index (χ1n) is 7.48. The van der Waals surface area contributed by atoms with E-state index in [9.17, 15) is 9.18 Å². The van der Waals surface area contributed by atoms with E-state index >= 15 is 0 Å². The SMILES string of the molecule is Cc1nc2c(s1)CCCC2C(=O)N(C)c1cccc(F)c1C. The zero-order valence-corrected chi connectivity index (χ0v) is 13.8. The van der Waals surface area contributed by atoms with Crippen molar-refractivity contribution in [2.75, 3.05) is 11.9 Å². The molecule has 3 nitrogen and oxygen atoms in total. The molecule has 1 aromatic carbocycles. The molecule has 1 heterocycles. The summed E-state index contributed by atoms with van der Waals surface area (Å²) in [5.41, 5.74) is 2.06. The molecule has 0 aliphatic heterocycles. The number of likely N-dealkylation sites (N-methyl/N-ethyl adjacent to an activating group) is 1. The summed E-state index contributed by atoms with van der Waals surface area (Å²) in [6.07, 6.45) is 2.82. The van der Waals surface area contributed by atoms with E-state index in [0.717, 1.165) is 30.0 Å². The molecule has 116 valence electrons. The lowest BCUT2D eigenvalue weighted by Gasteiger charge is -2.27. The molecule has 0 saturated carbocycles. The third-order valence-electron chi connectivity index (χ3n) is 4.29. The third kappa shape index (κ3) is 2.54. The van der Waals surface area contributed by atoms with E-state index in [0.29, 0.717) is 11.3 Å². The van der Waals surface area contributed by atoms with Gasteiger partial charge >= 0.3 is 0 Å². The van der Waals surface area contributed by atoms with Crippen molar-refractivity contribution in [1.82, 2.24) is 4.98 Å². The molecule has 0 N–H and O–H groups in total. The van der Waals surface area contributed by atoms with Crippen molar-refractivity contribution in [3.63, 3.8) is 0 Å². The lowest BCUT2D eigenvalue weighted by molar-refractivity contribution is -0.120. The maximum atomic E-state index is 13.7. The molecule has 2 aromatic rings. The Kier molecular flexibility index (Phi) is 4.00. The predicted molar refractivity (Wildman–Crippen MR) is 87.1 cm³/mol. The number of halogens is 1. The van der Waals surface area contributed by atoms with Crippen molar-refractivity contribution < 1.29 is 9.18 Å². The summed E-state index contributed by atoms with van der Waals surface area (Å²) in [6, 6.07) is 4.84. The summed E-state index contributed by atoms with van der Waals surface area (Å²) in [7, 11) is 1.72. The standard InChI is InChI=1S/C17H19FN2OS/c1-10-13(18)7-5-8-14(10)20(3)17(21)12-6-4-9-15-16(12)19-11(2)22-15/h5,7-8,12H,4,6,9H2,1-3H3. The Morgan fingerprint density at radius 3 is 2.95 bits per heavy atom. The number of carbonyl (C=O) groups excluding carboxylic acids is 1. The van der Waals surface area contributed by atoms with Gasteiger partial charge in [-0.3, -0.25) is 4.79 Å². The molecular weight excluding hydrogens is 299 g/mol. The van der Waals surface area contributed by atoms with E-state index in [1.807, 2.05) is 6.92 Å². The summed E-state index contributed by atoms with van der Waals surface area (Å²) < 4.78 is 13.7. The lowest BCUT2D eigenvalue weighted by atomic mass is 9.89. The summed E-state index contributed by atoms with van der Waals surface area (Å²) in [4.78, 5) is 20.3. The van der Waals surface area contributed by atoms with Gasteiger partial charge in [-0.1, -0.05) is 6.07 Å². The Morgan fingerprint density at radius 1 is 1.41 bits per heavy atom. The van der Waals surface area contributed by atoms with Crippen LogP contribution in [0.1, 0.15) is 39.9 Å².